The van der Waals surface area contributed by atoms with Gasteiger partial charge in [-0.15, -0.1) is 5.10 Å². The van der Waals surface area contributed by atoms with Crippen LogP contribution in [0, 0.1) is 11.7 Å². The number of rotatable bonds is 2. The first-order valence-electron chi connectivity index (χ1n) is 5.29. The van der Waals surface area contributed by atoms with Crippen LogP contribution in [-0.2, 0) is 4.79 Å². The molecule has 1 fully saturated rings. The van der Waals surface area contributed by atoms with E-state index < -0.39 is 0 Å². The Morgan fingerprint density at radius 2 is 2.29 bits per heavy atom. The molecule has 4 nitrogen and oxygen atoms in total. The van der Waals surface area contributed by atoms with Gasteiger partial charge in [0.25, 0.3) is 0 Å². The van der Waals surface area contributed by atoms with Crippen LogP contribution in [0.25, 0.3) is 5.52 Å². The number of fused-ring (bicyclic) bond motifs is 1. The molecule has 1 aliphatic rings. The summed E-state index contributed by atoms with van der Waals surface area (Å²) in [6, 6.07) is 3.33. The van der Waals surface area contributed by atoms with E-state index in [0.29, 0.717) is 10.3 Å². The molecule has 0 aromatic carbocycles. The van der Waals surface area contributed by atoms with Crippen LogP contribution in [0.1, 0.15) is 12.8 Å². The largest absolute Gasteiger partial charge is 0.309 e. The topological polar surface area (TPSA) is 46.4 Å². The van der Waals surface area contributed by atoms with Gasteiger partial charge >= 0.3 is 0 Å². The highest BCUT2D eigenvalue weighted by molar-refractivity contribution is 9.10. The first-order chi connectivity index (χ1) is 8.13. The summed E-state index contributed by atoms with van der Waals surface area (Å²) in [5.74, 6) is 0.191. The molecule has 2 heterocycles. The molecule has 3 rings (SSSR count). The summed E-state index contributed by atoms with van der Waals surface area (Å²) >= 11 is 3.11. The normalized spacial score (nSPS) is 15.2. The average Bonchev–Trinajstić information content (AvgIpc) is 3.04. The van der Waals surface area contributed by atoms with Crippen LogP contribution in [0.4, 0.5) is 10.2 Å². The molecular weight excluding hydrogens is 289 g/mol. The number of aromatic nitrogens is 2. The molecule has 1 saturated carbocycles. The number of anilines is 1. The molecule has 0 radical (unpaired) electrons. The number of carbonyl (C=O) groups excluding carboxylic acids is 1. The fourth-order valence-electron chi connectivity index (χ4n) is 1.62. The first kappa shape index (κ1) is 10.7. The maximum Gasteiger partial charge on any atom is 0.228 e. The third-order valence-electron chi connectivity index (χ3n) is 2.70. The number of nitrogens with one attached hydrogen (secondary N) is 1. The molecule has 0 bridgehead atoms. The second kappa shape index (κ2) is 3.80. The molecule has 6 heteroatoms. The van der Waals surface area contributed by atoms with E-state index in [1.807, 2.05) is 0 Å². The highest BCUT2D eigenvalue weighted by Crippen LogP contribution is 2.30. The van der Waals surface area contributed by atoms with Gasteiger partial charge in [-0.25, -0.2) is 8.91 Å². The van der Waals surface area contributed by atoms with Gasteiger partial charge in [-0.2, -0.15) is 0 Å². The molecule has 0 unspecified atom stereocenters. The molecule has 0 spiro atoms. The van der Waals surface area contributed by atoms with Crippen LogP contribution in [-0.4, -0.2) is 15.5 Å². The lowest BCUT2D eigenvalue weighted by molar-refractivity contribution is -0.117. The molecular formula is C11H9BrFN3O. The summed E-state index contributed by atoms with van der Waals surface area (Å²) in [4.78, 5) is 11.5. The molecule has 2 aromatic rings. The van der Waals surface area contributed by atoms with Crippen LogP contribution in [0.3, 0.4) is 0 Å². The van der Waals surface area contributed by atoms with Crippen molar-refractivity contribution in [2.75, 3.05) is 5.32 Å². The number of pyridine rings is 1. The Morgan fingerprint density at radius 3 is 3.00 bits per heavy atom. The number of nitrogens with zero attached hydrogens (tertiary/aromatic N) is 2. The van der Waals surface area contributed by atoms with Crippen LogP contribution in [0.15, 0.2) is 22.8 Å². The van der Waals surface area contributed by atoms with Crippen molar-refractivity contribution >= 4 is 33.2 Å². The lowest BCUT2D eigenvalue weighted by Crippen LogP contribution is -2.13. The molecule has 17 heavy (non-hydrogen) atoms. The lowest BCUT2D eigenvalue weighted by atomic mass is 10.4. The Hall–Kier alpha value is -1.43. The lowest BCUT2D eigenvalue weighted by Gasteiger charge is -1.97. The second-order valence-corrected chi connectivity index (χ2v) is 4.99. The molecule has 1 amide bonds. The standard InChI is InChI=1S/C11H9BrFN3O/c12-8-3-7-4-10(14-11(17)6-1-2-6)15-16(7)5-9(8)13/h3-6H,1-2H2,(H,14,15,17). The van der Waals surface area contributed by atoms with Gasteiger partial charge in [0, 0.05) is 12.0 Å². The van der Waals surface area contributed by atoms with Crippen molar-refractivity contribution in [3.8, 4) is 0 Å². The van der Waals surface area contributed by atoms with Crippen LogP contribution >= 0.6 is 15.9 Å². The fraction of sp³-hybridized carbons (Fsp3) is 0.273. The van der Waals surface area contributed by atoms with Crippen LogP contribution < -0.4 is 5.32 Å². The summed E-state index contributed by atoms with van der Waals surface area (Å²) in [5.41, 5.74) is 0.726. The number of amides is 1. The van der Waals surface area contributed by atoms with Crippen LogP contribution in [0.5, 0.6) is 0 Å². The molecule has 0 saturated heterocycles. The van der Waals surface area contributed by atoms with Crippen molar-refractivity contribution in [1.82, 2.24) is 9.61 Å². The fourth-order valence-corrected chi connectivity index (χ4v) is 1.96. The van der Waals surface area contributed by atoms with Gasteiger partial charge in [0.1, 0.15) is 0 Å². The van der Waals surface area contributed by atoms with E-state index in [2.05, 4.69) is 26.3 Å². The zero-order valence-corrected chi connectivity index (χ0v) is 10.4. The Kier molecular flexibility index (Phi) is 2.39. The SMILES string of the molecule is O=C(Nc1cc2cc(Br)c(F)cn2n1)C1CC1. The Morgan fingerprint density at radius 1 is 1.53 bits per heavy atom. The quantitative estimate of drug-likeness (QED) is 0.926. The number of hydrogen-bond donors (Lipinski definition) is 1. The van der Waals surface area contributed by atoms with Gasteiger partial charge in [0.05, 0.1) is 16.2 Å². The number of carbonyl (C=O) groups is 1. The third kappa shape index (κ3) is 2.04. The predicted molar refractivity (Wildman–Crippen MR) is 64.2 cm³/mol. The highest BCUT2D eigenvalue weighted by Gasteiger charge is 2.30. The van der Waals surface area contributed by atoms with Crippen molar-refractivity contribution in [3.05, 3.63) is 28.6 Å². The molecule has 1 N–H and O–H groups in total. The van der Waals surface area contributed by atoms with E-state index >= 15 is 0 Å². The molecule has 0 atom stereocenters. The maximum absolute atomic E-state index is 13.3. The van der Waals surface area contributed by atoms with E-state index in [1.54, 1.807) is 12.1 Å². The summed E-state index contributed by atoms with van der Waals surface area (Å²) in [6.07, 6.45) is 3.16. The minimum absolute atomic E-state index is 0.00653. The van der Waals surface area contributed by atoms with Gasteiger partial charge < -0.3 is 5.32 Å². The molecule has 0 aliphatic heterocycles. The van der Waals surface area contributed by atoms with E-state index in [0.717, 1.165) is 18.4 Å². The van der Waals surface area contributed by atoms with Crippen molar-refractivity contribution in [2.45, 2.75) is 12.8 Å². The number of halogens is 2. The van der Waals surface area contributed by atoms with Gasteiger partial charge in [-0.05, 0) is 34.8 Å². The van der Waals surface area contributed by atoms with Crippen molar-refractivity contribution < 1.29 is 9.18 Å². The van der Waals surface area contributed by atoms with Gasteiger partial charge in [-0.1, -0.05) is 0 Å². The van der Waals surface area contributed by atoms with Crippen LogP contribution in [0.2, 0.25) is 0 Å². The van der Waals surface area contributed by atoms with Crippen molar-refractivity contribution in [1.29, 1.82) is 0 Å². The van der Waals surface area contributed by atoms with Gasteiger partial charge in [0.15, 0.2) is 11.6 Å². The second-order valence-electron chi connectivity index (χ2n) is 4.13. The Balaban J connectivity index is 1.93. The van der Waals surface area contributed by atoms with Gasteiger partial charge in [0.2, 0.25) is 5.91 Å². The first-order valence-corrected chi connectivity index (χ1v) is 6.08. The third-order valence-corrected chi connectivity index (χ3v) is 3.31. The van der Waals surface area contributed by atoms with Gasteiger partial charge in [-0.3, -0.25) is 4.79 Å². The van der Waals surface area contributed by atoms with E-state index in [4.69, 9.17) is 0 Å². The van der Waals surface area contributed by atoms with E-state index in [-0.39, 0.29) is 17.6 Å². The summed E-state index contributed by atoms with van der Waals surface area (Å²) in [7, 11) is 0. The average molecular weight is 298 g/mol. The monoisotopic (exact) mass is 297 g/mol. The predicted octanol–water partition coefficient (Wildman–Crippen LogP) is 2.58. The Bertz CT molecular complexity index is 567. The molecule has 2 aromatic heterocycles. The minimum atomic E-state index is -0.388. The zero-order chi connectivity index (χ0) is 12.0. The maximum atomic E-state index is 13.3. The Labute approximate surface area is 105 Å². The van der Waals surface area contributed by atoms with Crippen molar-refractivity contribution in [3.63, 3.8) is 0 Å². The zero-order valence-electron chi connectivity index (χ0n) is 8.78. The van der Waals surface area contributed by atoms with E-state index in [1.165, 1.54) is 10.7 Å². The smallest absolute Gasteiger partial charge is 0.228 e. The summed E-state index contributed by atoms with van der Waals surface area (Å²) in [5, 5.41) is 6.81. The van der Waals surface area contributed by atoms with E-state index in [9.17, 15) is 9.18 Å². The summed E-state index contributed by atoms with van der Waals surface area (Å²) in [6.45, 7) is 0. The molecule has 88 valence electrons. The number of hydrogen-bond acceptors (Lipinski definition) is 2. The minimum Gasteiger partial charge on any atom is -0.309 e. The van der Waals surface area contributed by atoms with Crippen molar-refractivity contribution in [2.24, 2.45) is 5.92 Å². The summed E-state index contributed by atoms with van der Waals surface area (Å²) < 4.78 is 15.0. The highest BCUT2D eigenvalue weighted by atomic mass is 79.9. The molecule has 1 aliphatic carbocycles.